The number of amides is 4. The van der Waals surface area contributed by atoms with Crippen molar-refractivity contribution in [1.29, 1.82) is 0 Å². The highest BCUT2D eigenvalue weighted by Crippen LogP contribution is 2.35. The van der Waals surface area contributed by atoms with Gasteiger partial charge in [0.2, 0.25) is 5.91 Å². The quantitative estimate of drug-likeness (QED) is 0.611. The highest BCUT2D eigenvalue weighted by Gasteiger charge is 2.52. The van der Waals surface area contributed by atoms with Crippen LogP contribution in [0.2, 0.25) is 0 Å². The number of nitrogens with zero attached hydrogens (tertiary/aromatic N) is 3. The van der Waals surface area contributed by atoms with Gasteiger partial charge >= 0.3 is 6.03 Å². The average Bonchev–Trinajstić information content (AvgIpc) is 3.50. The number of nitrogens with one attached hydrogen (secondary N) is 2. The molecule has 1 aromatic heterocycles. The number of anilines is 1. The second-order valence-corrected chi connectivity index (χ2v) is 8.48. The molecule has 1 aliphatic carbocycles. The van der Waals surface area contributed by atoms with Gasteiger partial charge in [0.15, 0.2) is 0 Å². The Labute approximate surface area is 186 Å². The van der Waals surface area contributed by atoms with Gasteiger partial charge in [0.1, 0.15) is 23.7 Å². The normalized spacial score (nSPS) is 21.2. The van der Waals surface area contributed by atoms with Gasteiger partial charge in [-0.1, -0.05) is 44.7 Å². The molecule has 1 unspecified atom stereocenters. The number of unbranched alkanes of at least 4 members (excludes halogenated alkanes) is 1. The van der Waals surface area contributed by atoms with Crippen molar-refractivity contribution in [3.05, 3.63) is 47.9 Å². The summed E-state index contributed by atoms with van der Waals surface area (Å²) in [6.07, 6.45) is 7.78. The van der Waals surface area contributed by atoms with Crippen LogP contribution < -0.4 is 10.6 Å². The number of carbonyl (C=O) groups excluding carboxylic acids is 3. The zero-order valence-corrected chi connectivity index (χ0v) is 18.1. The molecule has 1 saturated carbocycles. The number of imide groups is 1. The number of carbonyl (C=O) groups is 3. The highest BCUT2D eigenvalue weighted by molar-refractivity contribution is 6.10. The fourth-order valence-electron chi connectivity index (χ4n) is 4.63. The second-order valence-electron chi connectivity index (χ2n) is 8.48. The van der Waals surface area contributed by atoms with Crippen molar-refractivity contribution >= 4 is 23.7 Å². The lowest BCUT2D eigenvalue weighted by Gasteiger charge is -2.27. The average molecular weight is 442 g/mol. The molecule has 32 heavy (non-hydrogen) atoms. The van der Waals surface area contributed by atoms with Crippen LogP contribution in [-0.2, 0) is 15.1 Å². The molecule has 0 radical (unpaired) electrons. The van der Waals surface area contributed by atoms with Crippen molar-refractivity contribution in [2.75, 3.05) is 11.9 Å². The van der Waals surface area contributed by atoms with Crippen LogP contribution in [-0.4, -0.2) is 39.1 Å². The molecule has 1 aliphatic heterocycles. The van der Waals surface area contributed by atoms with E-state index < -0.39 is 35.7 Å². The zero-order valence-electron chi connectivity index (χ0n) is 18.1. The van der Waals surface area contributed by atoms with E-state index in [1.54, 1.807) is 16.9 Å². The first-order valence-corrected chi connectivity index (χ1v) is 11.2. The van der Waals surface area contributed by atoms with Crippen LogP contribution >= 0.6 is 0 Å². The van der Waals surface area contributed by atoms with Crippen molar-refractivity contribution < 1.29 is 18.8 Å². The largest absolute Gasteiger partial charge is 0.325 e. The minimum atomic E-state index is -1.30. The maximum Gasteiger partial charge on any atom is 0.325 e. The molecule has 0 spiro atoms. The Balaban J connectivity index is 1.51. The van der Waals surface area contributed by atoms with Crippen LogP contribution in [0.3, 0.4) is 0 Å². The summed E-state index contributed by atoms with van der Waals surface area (Å²) < 4.78 is 15.3. The summed E-state index contributed by atoms with van der Waals surface area (Å²) in [4.78, 5) is 39.8. The van der Waals surface area contributed by atoms with Gasteiger partial charge in [-0.25, -0.2) is 13.9 Å². The Hall–Kier alpha value is -3.23. The molecule has 1 aromatic carbocycles. The zero-order chi connectivity index (χ0) is 22.7. The molecule has 9 heteroatoms. The standard InChI is InChI=1S/C23H28FN5O3/c1-2-3-13-23(16-8-10-17(24)11-9-16)21(31)28(22(32)27-23)15-20(30)26-19-12-14-25-29(19)18-6-4-5-7-18/h8-12,14,18H,2-7,13,15H2,1H3,(H,26,30)(H,27,32). The van der Waals surface area contributed by atoms with E-state index in [1.807, 2.05) is 6.92 Å². The lowest BCUT2D eigenvalue weighted by molar-refractivity contribution is -0.134. The molecule has 2 fully saturated rings. The van der Waals surface area contributed by atoms with Gasteiger partial charge in [0.05, 0.1) is 12.2 Å². The van der Waals surface area contributed by atoms with Crippen LogP contribution in [0.25, 0.3) is 0 Å². The van der Waals surface area contributed by atoms with E-state index in [4.69, 9.17) is 0 Å². The number of hydrogen-bond donors (Lipinski definition) is 2. The molecule has 0 bridgehead atoms. The first kappa shape index (κ1) is 22.0. The minimum Gasteiger partial charge on any atom is -0.319 e. The number of halogens is 1. The predicted molar refractivity (Wildman–Crippen MR) is 116 cm³/mol. The summed E-state index contributed by atoms with van der Waals surface area (Å²) >= 11 is 0. The number of aromatic nitrogens is 2. The van der Waals surface area contributed by atoms with Gasteiger partial charge < -0.3 is 10.6 Å². The molecule has 8 nitrogen and oxygen atoms in total. The number of hydrogen-bond acceptors (Lipinski definition) is 4. The van der Waals surface area contributed by atoms with Crippen molar-refractivity contribution in [2.24, 2.45) is 0 Å². The summed E-state index contributed by atoms with van der Waals surface area (Å²) in [6.45, 7) is 1.58. The van der Waals surface area contributed by atoms with Crippen LogP contribution in [0.5, 0.6) is 0 Å². The van der Waals surface area contributed by atoms with Gasteiger partial charge in [0.25, 0.3) is 5.91 Å². The van der Waals surface area contributed by atoms with E-state index in [1.165, 1.54) is 24.3 Å². The van der Waals surface area contributed by atoms with Gasteiger partial charge in [-0.3, -0.25) is 14.5 Å². The molecule has 2 aliphatic rings. The highest BCUT2D eigenvalue weighted by atomic mass is 19.1. The van der Waals surface area contributed by atoms with E-state index >= 15 is 0 Å². The van der Waals surface area contributed by atoms with E-state index in [9.17, 15) is 18.8 Å². The minimum absolute atomic E-state index is 0.247. The number of rotatable bonds is 8. The topological polar surface area (TPSA) is 96.3 Å². The Kier molecular flexibility index (Phi) is 6.25. The van der Waals surface area contributed by atoms with Crippen LogP contribution in [0, 0.1) is 5.82 Å². The summed E-state index contributed by atoms with van der Waals surface area (Å²) in [7, 11) is 0. The van der Waals surface area contributed by atoms with Crippen LogP contribution in [0.1, 0.15) is 63.5 Å². The molecule has 4 amide bonds. The van der Waals surface area contributed by atoms with Gasteiger partial charge in [-0.2, -0.15) is 5.10 Å². The second kappa shape index (κ2) is 9.10. The van der Waals surface area contributed by atoms with Crippen molar-refractivity contribution in [2.45, 2.75) is 63.5 Å². The Bertz CT molecular complexity index is 999. The predicted octanol–water partition coefficient (Wildman–Crippen LogP) is 3.71. The van der Waals surface area contributed by atoms with E-state index in [2.05, 4.69) is 15.7 Å². The molecule has 1 atom stereocenters. The van der Waals surface area contributed by atoms with E-state index in [-0.39, 0.29) is 6.04 Å². The van der Waals surface area contributed by atoms with Crippen molar-refractivity contribution in [3.8, 4) is 0 Å². The molecule has 170 valence electrons. The van der Waals surface area contributed by atoms with Gasteiger partial charge in [-0.05, 0) is 37.0 Å². The monoisotopic (exact) mass is 441 g/mol. The SMILES string of the molecule is CCCCC1(c2ccc(F)cc2)NC(=O)N(CC(=O)Nc2ccnn2C2CCCC2)C1=O. The molecule has 4 rings (SSSR count). The maximum atomic E-state index is 13.5. The lowest BCUT2D eigenvalue weighted by Crippen LogP contribution is -2.44. The molecular formula is C23H28FN5O3. The molecular weight excluding hydrogens is 413 g/mol. The van der Waals surface area contributed by atoms with Crippen LogP contribution in [0.15, 0.2) is 36.5 Å². The molecule has 2 aromatic rings. The molecule has 2 heterocycles. The number of benzene rings is 1. The lowest BCUT2D eigenvalue weighted by atomic mass is 9.85. The van der Waals surface area contributed by atoms with Crippen LogP contribution in [0.4, 0.5) is 15.0 Å². The summed E-state index contributed by atoms with van der Waals surface area (Å²) in [5.41, 5.74) is -0.792. The molecule has 2 N–H and O–H groups in total. The first-order valence-electron chi connectivity index (χ1n) is 11.2. The summed E-state index contributed by atoms with van der Waals surface area (Å²) in [5, 5.41) is 9.89. The third-order valence-corrected chi connectivity index (χ3v) is 6.33. The smallest absolute Gasteiger partial charge is 0.319 e. The van der Waals surface area contributed by atoms with Crippen molar-refractivity contribution in [1.82, 2.24) is 20.0 Å². The number of urea groups is 1. The van der Waals surface area contributed by atoms with Gasteiger partial charge in [0, 0.05) is 6.07 Å². The Morgan fingerprint density at radius 1 is 1.22 bits per heavy atom. The Morgan fingerprint density at radius 3 is 2.62 bits per heavy atom. The summed E-state index contributed by atoms with van der Waals surface area (Å²) in [5.74, 6) is -0.836. The first-order chi connectivity index (χ1) is 15.4. The fraction of sp³-hybridized carbons (Fsp3) is 0.478. The summed E-state index contributed by atoms with van der Waals surface area (Å²) in [6, 6.07) is 6.88. The molecule has 1 saturated heterocycles. The van der Waals surface area contributed by atoms with E-state index in [0.717, 1.165) is 37.0 Å². The van der Waals surface area contributed by atoms with Crippen molar-refractivity contribution in [3.63, 3.8) is 0 Å². The third kappa shape index (κ3) is 4.11. The Morgan fingerprint density at radius 2 is 1.94 bits per heavy atom. The fourth-order valence-corrected chi connectivity index (χ4v) is 4.63. The van der Waals surface area contributed by atoms with Gasteiger partial charge in [-0.15, -0.1) is 0 Å². The maximum absolute atomic E-state index is 13.5. The third-order valence-electron chi connectivity index (χ3n) is 6.33. The van der Waals surface area contributed by atoms with E-state index in [0.29, 0.717) is 24.2 Å².